The summed E-state index contributed by atoms with van der Waals surface area (Å²) in [7, 11) is 0. The van der Waals surface area contributed by atoms with Crippen molar-refractivity contribution in [1.82, 2.24) is 4.98 Å². The van der Waals surface area contributed by atoms with Crippen LogP contribution in [0.4, 0.5) is 15.8 Å². The van der Waals surface area contributed by atoms with Crippen LogP contribution in [0.1, 0.15) is 22.3 Å². The molecule has 0 aliphatic carbocycles. The van der Waals surface area contributed by atoms with Gasteiger partial charge in [0.1, 0.15) is 11.0 Å². The van der Waals surface area contributed by atoms with Crippen molar-refractivity contribution in [2.45, 2.75) is 12.8 Å². The van der Waals surface area contributed by atoms with Crippen molar-refractivity contribution in [2.24, 2.45) is 0 Å². The first kappa shape index (κ1) is 17.4. The van der Waals surface area contributed by atoms with Crippen LogP contribution in [0.3, 0.4) is 0 Å². The van der Waals surface area contributed by atoms with Crippen LogP contribution in [0.5, 0.6) is 0 Å². The van der Waals surface area contributed by atoms with Gasteiger partial charge in [0.05, 0.1) is 21.7 Å². The molecule has 27 heavy (non-hydrogen) atoms. The molecule has 2 heterocycles. The minimum absolute atomic E-state index is 0.0318. The minimum atomic E-state index is -0.489. The molecule has 0 radical (unpaired) electrons. The van der Waals surface area contributed by atoms with Gasteiger partial charge in [-0.25, -0.2) is 9.37 Å². The Morgan fingerprint density at radius 3 is 2.81 bits per heavy atom. The van der Waals surface area contributed by atoms with Crippen molar-refractivity contribution in [3.05, 3.63) is 74.7 Å². The molecule has 136 valence electrons. The number of anilines is 1. The first-order valence-electron chi connectivity index (χ1n) is 8.29. The Morgan fingerprint density at radius 2 is 2.04 bits per heavy atom. The molecule has 6 nitrogen and oxygen atoms in total. The lowest BCUT2D eigenvalue weighted by molar-refractivity contribution is -0.384. The van der Waals surface area contributed by atoms with Gasteiger partial charge >= 0.3 is 0 Å². The monoisotopic (exact) mass is 385 g/mol. The molecule has 0 spiro atoms. The highest BCUT2D eigenvalue weighted by molar-refractivity contribution is 6.34. The SMILES string of the molecule is O=C(c1cc2ccc(F)cc2nc1Cl)N1CCCc2ccc([N+](=O)[O-])cc21. The molecule has 1 aliphatic heterocycles. The van der Waals surface area contributed by atoms with Gasteiger partial charge in [-0.2, -0.15) is 0 Å². The van der Waals surface area contributed by atoms with E-state index in [-0.39, 0.29) is 22.3 Å². The number of non-ortho nitro benzene ring substituents is 1. The molecule has 0 N–H and O–H groups in total. The number of hydrogen-bond acceptors (Lipinski definition) is 4. The summed E-state index contributed by atoms with van der Waals surface area (Å²) in [5.74, 6) is -0.831. The van der Waals surface area contributed by atoms with Crippen LogP contribution in [0.25, 0.3) is 10.9 Å². The molecule has 3 aromatic rings. The van der Waals surface area contributed by atoms with Crippen LogP contribution in [-0.2, 0) is 6.42 Å². The number of amides is 1. The van der Waals surface area contributed by atoms with Crippen LogP contribution >= 0.6 is 11.6 Å². The predicted octanol–water partition coefficient (Wildman–Crippen LogP) is 4.53. The van der Waals surface area contributed by atoms with Crippen molar-refractivity contribution in [1.29, 1.82) is 0 Å². The number of benzene rings is 2. The third-order valence-electron chi connectivity index (χ3n) is 4.61. The molecule has 0 atom stereocenters. The molecule has 0 fully saturated rings. The van der Waals surface area contributed by atoms with Crippen LogP contribution in [0, 0.1) is 15.9 Å². The maximum Gasteiger partial charge on any atom is 0.271 e. The number of aryl methyl sites for hydroxylation is 1. The van der Waals surface area contributed by atoms with E-state index in [1.165, 1.54) is 35.2 Å². The zero-order valence-electron chi connectivity index (χ0n) is 14.0. The summed E-state index contributed by atoms with van der Waals surface area (Å²) in [5.41, 5.74) is 1.83. The number of fused-ring (bicyclic) bond motifs is 2. The zero-order chi connectivity index (χ0) is 19.1. The minimum Gasteiger partial charge on any atom is -0.308 e. The van der Waals surface area contributed by atoms with E-state index in [1.54, 1.807) is 12.1 Å². The highest BCUT2D eigenvalue weighted by atomic mass is 35.5. The van der Waals surface area contributed by atoms with Gasteiger partial charge in [0.25, 0.3) is 11.6 Å². The second-order valence-electron chi connectivity index (χ2n) is 6.29. The second kappa shape index (κ2) is 6.59. The number of halogens is 2. The number of nitro benzene ring substituents is 1. The Bertz CT molecular complexity index is 1100. The first-order valence-corrected chi connectivity index (χ1v) is 8.67. The Balaban J connectivity index is 1.79. The van der Waals surface area contributed by atoms with E-state index in [4.69, 9.17) is 11.6 Å². The fourth-order valence-electron chi connectivity index (χ4n) is 3.30. The van der Waals surface area contributed by atoms with Gasteiger partial charge in [0.2, 0.25) is 0 Å². The van der Waals surface area contributed by atoms with Crippen LogP contribution < -0.4 is 4.90 Å². The first-order chi connectivity index (χ1) is 12.9. The molecular formula is C19H13ClFN3O3. The number of pyridine rings is 1. The Labute approximate surface area is 158 Å². The molecule has 0 bridgehead atoms. The number of hydrogen-bond donors (Lipinski definition) is 0. The zero-order valence-corrected chi connectivity index (χ0v) is 14.7. The van der Waals surface area contributed by atoms with Crippen molar-refractivity contribution in [2.75, 3.05) is 11.4 Å². The summed E-state index contributed by atoms with van der Waals surface area (Å²) in [5, 5.41) is 11.7. The number of nitrogens with zero attached hydrogens (tertiary/aromatic N) is 3. The molecule has 8 heteroatoms. The molecule has 1 aliphatic rings. The molecular weight excluding hydrogens is 373 g/mol. The van der Waals surface area contributed by atoms with Gasteiger partial charge in [-0.05, 0) is 36.6 Å². The standard InChI is InChI=1S/C19H13ClFN3O3/c20-18-15(8-12-3-5-13(21)9-16(12)22-18)19(25)23-7-1-2-11-4-6-14(24(26)27)10-17(11)23/h3-6,8-10H,1-2,7H2. The smallest absolute Gasteiger partial charge is 0.271 e. The fraction of sp³-hybridized carbons (Fsp3) is 0.158. The molecule has 4 rings (SSSR count). The largest absolute Gasteiger partial charge is 0.308 e. The number of aromatic nitrogens is 1. The molecule has 0 unspecified atom stereocenters. The number of rotatable bonds is 2. The van der Waals surface area contributed by atoms with Gasteiger partial charge in [-0.15, -0.1) is 0 Å². The maximum absolute atomic E-state index is 13.4. The number of nitro groups is 1. The van der Waals surface area contributed by atoms with Gasteiger partial charge in [-0.3, -0.25) is 14.9 Å². The normalized spacial score (nSPS) is 13.5. The average Bonchev–Trinajstić information content (AvgIpc) is 2.65. The molecule has 0 saturated heterocycles. The Hall–Kier alpha value is -3.06. The van der Waals surface area contributed by atoms with Crippen molar-refractivity contribution >= 4 is 39.8 Å². The van der Waals surface area contributed by atoms with Crippen LogP contribution in [0.15, 0.2) is 42.5 Å². The highest BCUT2D eigenvalue weighted by Gasteiger charge is 2.27. The van der Waals surface area contributed by atoms with E-state index >= 15 is 0 Å². The van der Waals surface area contributed by atoms with Crippen molar-refractivity contribution in [3.8, 4) is 0 Å². The topological polar surface area (TPSA) is 76.3 Å². The second-order valence-corrected chi connectivity index (χ2v) is 6.65. The third kappa shape index (κ3) is 3.10. The third-order valence-corrected chi connectivity index (χ3v) is 4.90. The molecule has 1 aromatic heterocycles. The summed E-state index contributed by atoms with van der Waals surface area (Å²) >= 11 is 6.19. The van der Waals surface area contributed by atoms with E-state index in [1.807, 2.05) is 0 Å². The number of carbonyl (C=O) groups excluding carboxylic acids is 1. The van der Waals surface area contributed by atoms with Crippen LogP contribution in [-0.4, -0.2) is 22.4 Å². The van der Waals surface area contributed by atoms with Gasteiger partial charge in [0.15, 0.2) is 0 Å². The van der Waals surface area contributed by atoms with E-state index < -0.39 is 10.7 Å². The van der Waals surface area contributed by atoms with Crippen LogP contribution in [0.2, 0.25) is 5.15 Å². The van der Waals surface area contributed by atoms with E-state index in [0.717, 1.165) is 18.4 Å². The quantitative estimate of drug-likeness (QED) is 0.369. The average molecular weight is 386 g/mol. The number of carbonyl (C=O) groups is 1. The van der Waals surface area contributed by atoms with E-state index in [9.17, 15) is 19.3 Å². The Morgan fingerprint density at radius 1 is 1.22 bits per heavy atom. The van der Waals surface area contributed by atoms with Crippen molar-refractivity contribution in [3.63, 3.8) is 0 Å². The summed E-state index contributed by atoms with van der Waals surface area (Å²) in [6, 6.07) is 10.1. The molecule has 2 aromatic carbocycles. The molecule has 0 saturated carbocycles. The van der Waals surface area contributed by atoms with Gasteiger partial charge < -0.3 is 4.90 Å². The lowest BCUT2D eigenvalue weighted by Crippen LogP contribution is -2.35. The fourth-order valence-corrected chi connectivity index (χ4v) is 3.53. The summed E-state index contributed by atoms with van der Waals surface area (Å²) in [6.45, 7) is 0.421. The Kier molecular flexibility index (Phi) is 4.24. The molecule has 1 amide bonds. The van der Waals surface area contributed by atoms with Gasteiger partial charge in [-0.1, -0.05) is 17.7 Å². The van der Waals surface area contributed by atoms with E-state index in [0.29, 0.717) is 23.1 Å². The van der Waals surface area contributed by atoms with E-state index in [2.05, 4.69) is 4.98 Å². The lowest BCUT2D eigenvalue weighted by atomic mass is 10.00. The maximum atomic E-state index is 13.4. The summed E-state index contributed by atoms with van der Waals surface area (Å²) in [4.78, 5) is 29.4. The van der Waals surface area contributed by atoms with Crippen molar-refractivity contribution < 1.29 is 14.1 Å². The highest BCUT2D eigenvalue weighted by Crippen LogP contribution is 2.33. The predicted molar refractivity (Wildman–Crippen MR) is 99.8 cm³/mol. The lowest BCUT2D eigenvalue weighted by Gasteiger charge is -2.29. The summed E-state index contributed by atoms with van der Waals surface area (Å²) < 4.78 is 13.4. The summed E-state index contributed by atoms with van der Waals surface area (Å²) in [6.07, 6.45) is 1.47. The van der Waals surface area contributed by atoms with Gasteiger partial charge in [0, 0.05) is 30.1 Å².